The lowest BCUT2D eigenvalue weighted by molar-refractivity contribution is -0.241. The van der Waals surface area contributed by atoms with E-state index in [9.17, 15) is 19.2 Å². The second-order valence-electron chi connectivity index (χ2n) is 15.0. The third kappa shape index (κ3) is 1.97. The highest BCUT2D eigenvalue weighted by molar-refractivity contribution is 6.02. The van der Waals surface area contributed by atoms with Crippen molar-refractivity contribution in [1.82, 2.24) is 9.80 Å². The molecular weight excluding hydrogens is 484 g/mol. The van der Waals surface area contributed by atoms with Crippen LogP contribution in [0.1, 0.15) is 65.2 Å². The molecule has 202 valence electrons. The van der Waals surface area contributed by atoms with E-state index < -0.39 is 12.5 Å². The van der Waals surface area contributed by atoms with Gasteiger partial charge in [0.1, 0.15) is 12.5 Å². The Labute approximate surface area is 222 Å². The molecule has 0 aromatic rings. The van der Waals surface area contributed by atoms with Crippen LogP contribution in [0.3, 0.4) is 0 Å². The largest absolute Gasteiger partial charge is 0.354 e. The van der Waals surface area contributed by atoms with Gasteiger partial charge in [-0.15, -0.1) is 0 Å². The van der Waals surface area contributed by atoms with Gasteiger partial charge in [0.25, 0.3) is 0 Å². The molecule has 0 aromatic carbocycles. The third-order valence-electron chi connectivity index (χ3n) is 14.5. The van der Waals surface area contributed by atoms with Crippen molar-refractivity contribution in [3.63, 3.8) is 0 Å². The molecule has 0 spiro atoms. The van der Waals surface area contributed by atoms with E-state index in [4.69, 9.17) is 9.47 Å². The third-order valence-corrected chi connectivity index (χ3v) is 14.5. The SMILES string of the molecule is C[C@@]12[C@H]3[C@@H]4[C@@H]5[C@@H]6[C@@H]7[C@@H](CC[C@@H]7O[C@@H](N7C(=O)CCC7=O)[C@]6(C)[C@@H]4[C@@H]4CC[C@H](O[C@@H]1N1C(=O)CCC1=O)[C@@H]43)[C@H]52. The van der Waals surface area contributed by atoms with E-state index in [2.05, 4.69) is 13.8 Å². The molecule has 4 saturated heterocycles. The summed E-state index contributed by atoms with van der Waals surface area (Å²) < 4.78 is 14.0. The van der Waals surface area contributed by atoms with Crippen molar-refractivity contribution < 1.29 is 28.7 Å². The topological polar surface area (TPSA) is 93.2 Å². The summed E-state index contributed by atoms with van der Waals surface area (Å²) in [7, 11) is 0. The number of nitrogens with zero attached hydrogens (tertiary/aromatic N) is 2. The number of hydrogen-bond donors (Lipinski definition) is 0. The maximum atomic E-state index is 13.1. The lowest BCUT2D eigenvalue weighted by Crippen LogP contribution is -2.62. The van der Waals surface area contributed by atoms with Crippen LogP contribution in [0, 0.1) is 70.0 Å². The Bertz CT molecular complexity index is 1120. The summed E-state index contributed by atoms with van der Waals surface area (Å²) >= 11 is 0. The molecule has 4 aliphatic heterocycles. The molecule has 10 rings (SSSR count). The molecule has 0 aromatic heterocycles. The minimum Gasteiger partial charge on any atom is -0.354 e. The summed E-state index contributed by atoms with van der Waals surface area (Å²) in [6, 6.07) is 0. The van der Waals surface area contributed by atoms with Crippen molar-refractivity contribution in [2.75, 3.05) is 0 Å². The van der Waals surface area contributed by atoms with Crippen LogP contribution in [-0.4, -0.2) is 58.1 Å². The van der Waals surface area contributed by atoms with Gasteiger partial charge in [0.2, 0.25) is 23.6 Å². The quantitative estimate of drug-likeness (QED) is 0.520. The standard InChI is InChI=1S/C30H36N2O6/c1-29-23-11-3-5-14-20(11)26-21(23)22-24(30(26,2)28(38-14)32-17(35)9-10-18(32)36)12-4-6-13(19(12)25(22)29)37-27(29)31-15(33)7-8-16(31)34/h11-14,19-28H,3-10H2,1-2H3/t11-,12-,13+,14+,19-,20-,21-,22+,23-,24-,25+,26-,27-,28+,29-,30-/m1/s1. The second-order valence-corrected chi connectivity index (χ2v) is 15.0. The van der Waals surface area contributed by atoms with E-state index in [1.165, 1.54) is 0 Å². The summed E-state index contributed by atoms with van der Waals surface area (Å²) in [5, 5.41) is 0. The summed E-state index contributed by atoms with van der Waals surface area (Å²) in [6.45, 7) is 4.79. The van der Waals surface area contributed by atoms with Crippen LogP contribution in [0.25, 0.3) is 0 Å². The lowest BCUT2D eigenvalue weighted by atomic mass is 9.60. The number of likely N-dealkylation sites (tertiary alicyclic amines) is 2. The van der Waals surface area contributed by atoms with Gasteiger partial charge in [0.15, 0.2) is 0 Å². The Morgan fingerprint density at radius 2 is 0.921 bits per heavy atom. The van der Waals surface area contributed by atoms with Crippen LogP contribution in [-0.2, 0) is 28.7 Å². The number of carbonyl (C=O) groups excluding carboxylic acids is 4. The van der Waals surface area contributed by atoms with Gasteiger partial charge in [-0.25, -0.2) is 0 Å². The van der Waals surface area contributed by atoms with Crippen molar-refractivity contribution in [3.8, 4) is 0 Å². The molecule has 16 atom stereocenters. The zero-order valence-corrected chi connectivity index (χ0v) is 22.1. The molecule has 10 aliphatic rings. The van der Waals surface area contributed by atoms with Gasteiger partial charge in [-0.3, -0.25) is 29.0 Å². The Hall–Kier alpha value is -1.80. The van der Waals surface area contributed by atoms with Gasteiger partial charge in [-0.05, 0) is 84.9 Å². The molecular formula is C30H36N2O6. The van der Waals surface area contributed by atoms with Crippen molar-refractivity contribution in [2.45, 2.75) is 89.9 Å². The van der Waals surface area contributed by atoms with Gasteiger partial charge >= 0.3 is 0 Å². The predicted molar refractivity (Wildman–Crippen MR) is 129 cm³/mol. The highest BCUT2D eigenvalue weighted by Gasteiger charge is 2.88. The van der Waals surface area contributed by atoms with Crippen LogP contribution in [0.2, 0.25) is 0 Å². The van der Waals surface area contributed by atoms with Crippen LogP contribution in [0.15, 0.2) is 0 Å². The highest BCUT2D eigenvalue weighted by Crippen LogP contribution is 2.88. The summed E-state index contributed by atoms with van der Waals surface area (Å²) in [5.41, 5.74) is -0.479. The number of carbonyl (C=O) groups is 4. The molecule has 38 heavy (non-hydrogen) atoms. The predicted octanol–water partition coefficient (Wildman–Crippen LogP) is 2.55. The minimum atomic E-state index is -0.451. The van der Waals surface area contributed by atoms with Crippen molar-refractivity contribution in [3.05, 3.63) is 0 Å². The van der Waals surface area contributed by atoms with Crippen LogP contribution < -0.4 is 0 Å². The molecule has 4 amide bonds. The fraction of sp³-hybridized carbons (Fsp3) is 0.867. The molecule has 8 nitrogen and oxygen atoms in total. The van der Waals surface area contributed by atoms with Gasteiger partial charge in [0, 0.05) is 36.5 Å². The zero-order chi connectivity index (χ0) is 25.6. The molecule has 0 N–H and O–H groups in total. The number of amides is 4. The first-order chi connectivity index (χ1) is 18.3. The lowest BCUT2D eigenvalue weighted by Gasteiger charge is -2.55. The first-order valence-corrected chi connectivity index (χ1v) is 15.3. The normalized spacial score (nSPS) is 62.3. The Kier molecular flexibility index (Phi) is 3.70. The smallest absolute Gasteiger partial charge is 0.231 e. The first kappa shape index (κ1) is 22.0. The van der Waals surface area contributed by atoms with Crippen LogP contribution in [0.5, 0.6) is 0 Å². The van der Waals surface area contributed by atoms with E-state index in [1.807, 2.05) is 0 Å². The van der Waals surface area contributed by atoms with E-state index in [0.717, 1.165) is 25.7 Å². The fourth-order valence-electron chi connectivity index (χ4n) is 14.2. The molecule has 0 radical (unpaired) electrons. The van der Waals surface area contributed by atoms with Gasteiger partial charge < -0.3 is 9.47 Å². The average molecular weight is 521 g/mol. The average Bonchev–Trinajstić information content (AvgIpc) is 3.70. The van der Waals surface area contributed by atoms with Gasteiger partial charge in [0.05, 0.1) is 12.2 Å². The number of hydrogen-bond acceptors (Lipinski definition) is 6. The first-order valence-electron chi connectivity index (χ1n) is 15.3. The monoisotopic (exact) mass is 520 g/mol. The Balaban J connectivity index is 1.19. The van der Waals surface area contributed by atoms with Crippen LogP contribution in [0.4, 0.5) is 0 Å². The molecule has 8 heteroatoms. The van der Waals surface area contributed by atoms with Crippen LogP contribution >= 0.6 is 0 Å². The van der Waals surface area contributed by atoms with Crippen molar-refractivity contribution in [1.29, 1.82) is 0 Å². The number of rotatable bonds is 2. The molecule has 0 bridgehead atoms. The Morgan fingerprint density at radius 3 is 1.29 bits per heavy atom. The van der Waals surface area contributed by atoms with Crippen molar-refractivity contribution >= 4 is 23.6 Å². The molecule has 6 aliphatic carbocycles. The molecule has 10 fully saturated rings. The number of fused-ring (bicyclic) bond motifs is 4. The van der Waals surface area contributed by atoms with E-state index in [1.54, 1.807) is 9.80 Å². The summed E-state index contributed by atoms with van der Waals surface area (Å²) in [5.74, 6) is 4.27. The van der Waals surface area contributed by atoms with Gasteiger partial charge in [-0.1, -0.05) is 13.8 Å². The van der Waals surface area contributed by atoms with Gasteiger partial charge in [-0.2, -0.15) is 0 Å². The molecule has 4 heterocycles. The van der Waals surface area contributed by atoms with Crippen molar-refractivity contribution in [2.24, 2.45) is 70.0 Å². The van der Waals surface area contributed by atoms with E-state index in [0.29, 0.717) is 84.9 Å². The maximum Gasteiger partial charge on any atom is 0.231 e. The van der Waals surface area contributed by atoms with E-state index >= 15 is 0 Å². The second kappa shape index (κ2) is 6.40. The number of imide groups is 2. The number of ether oxygens (including phenoxy) is 2. The minimum absolute atomic E-state index is 0.0557. The summed E-state index contributed by atoms with van der Waals surface area (Å²) in [6.07, 6.45) is 4.59. The zero-order valence-electron chi connectivity index (χ0n) is 22.1. The Morgan fingerprint density at radius 1 is 0.553 bits per heavy atom. The summed E-state index contributed by atoms with van der Waals surface area (Å²) in [4.78, 5) is 55.7. The molecule has 6 saturated carbocycles. The highest BCUT2D eigenvalue weighted by atomic mass is 16.5. The van der Waals surface area contributed by atoms with E-state index in [-0.39, 0.29) is 46.7 Å². The molecule has 0 unspecified atom stereocenters. The maximum absolute atomic E-state index is 13.1. The fourth-order valence-corrected chi connectivity index (χ4v) is 14.2.